The molecule has 0 amide bonds. The standard InChI is InChI=1S/C19H15F2NO3S/c1-13-12-16(22-26(23,24)18-9-4-15(21)5-10-18)6-11-19(13)25-17-7-2-14(20)3-8-17/h2-12,22H,1H3. The lowest BCUT2D eigenvalue weighted by molar-refractivity contribution is 0.477. The molecule has 0 aliphatic rings. The summed E-state index contributed by atoms with van der Waals surface area (Å²) >= 11 is 0. The van der Waals surface area contributed by atoms with E-state index in [9.17, 15) is 17.2 Å². The van der Waals surface area contributed by atoms with Crippen LogP contribution in [0.3, 0.4) is 0 Å². The molecule has 4 nitrogen and oxygen atoms in total. The van der Waals surface area contributed by atoms with E-state index in [-0.39, 0.29) is 10.7 Å². The molecular formula is C19H15F2NO3S. The molecule has 3 rings (SSSR count). The molecule has 0 atom stereocenters. The predicted octanol–water partition coefficient (Wildman–Crippen LogP) is 4.87. The highest BCUT2D eigenvalue weighted by molar-refractivity contribution is 7.92. The minimum Gasteiger partial charge on any atom is -0.457 e. The second-order valence-electron chi connectivity index (χ2n) is 5.60. The van der Waals surface area contributed by atoms with E-state index in [1.54, 1.807) is 25.1 Å². The summed E-state index contributed by atoms with van der Waals surface area (Å²) < 4.78 is 58.6. The van der Waals surface area contributed by atoms with Crippen molar-refractivity contribution in [3.05, 3.63) is 83.9 Å². The Hall–Kier alpha value is -2.93. The Balaban J connectivity index is 1.78. The first-order valence-electron chi connectivity index (χ1n) is 7.66. The number of benzene rings is 3. The van der Waals surface area contributed by atoms with Crippen LogP contribution in [0.2, 0.25) is 0 Å². The van der Waals surface area contributed by atoms with E-state index in [2.05, 4.69) is 4.72 Å². The quantitative estimate of drug-likeness (QED) is 0.692. The van der Waals surface area contributed by atoms with E-state index >= 15 is 0 Å². The third-order valence-electron chi connectivity index (χ3n) is 3.59. The van der Waals surface area contributed by atoms with Gasteiger partial charge in [0.1, 0.15) is 23.1 Å². The normalized spacial score (nSPS) is 11.2. The van der Waals surface area contributed by atoms with Crippen LogP contribution in [0.1, 0.15) is 5.56 Å². The van der Waals surface area contributed by atoms with Crippen molar-refractivity contribution in [1.82, 2.24) is 0 Å². The maximum Gasteiger partial charge on any atom is 0.261 e. The number of anilines is 1. The second-order valence-corrected chi connectivity index (χ2v) is 7.28. The maximum absolute atomic E-state index is 13.0. The monoisotopic (exact) mass is 375 g/mol. The number of halogens is 2. The first-order chi connectivity index (χ1) is 12.3. The van der Waals surface area contributed by atoms with Gasteiger partial charge in [0.25, 0.3) is 10.0 Å². The van der Waals surface area contributed by atoms with E-state index in [4.69, 9.17) is 4.74 Å². The second kappa shape index (κ2) is 7.13. The summed E-state index contributed by atoms with van der Waals surface area (Å²) in [7, 11) is -3.82. The number of hydrogen-bond acceptors (Lipinski definition) is 3. The maximum atomic E-state index is 13.0. The number of sulfonamides is 1. The smallest absolute Gasteiger partial charge is 0.261 e. The van der Waals surface area contributed by atoms with Crippen LogP contribution in [0.4, 0.5) is 14.5 Å². The molecule has 3 aromatic rings. The molecule has 0 aliphatic heterocycles. The van der Waals surface area contributed by atoms with Crippen LogP contribution in [0, 0.1) is 18.6 Å². The molecule has 1 N–H and O–H groups in total. The molecule has 0 bridgehead atoms. The molecular weight excluding hydrogens is 360 g/mol. The summed E-state index contributed by atoms with van der Waals surface area (Å²) in [5.74, 6) is 0.109. The summed E-state index contributed by atoms with van der Waals surface area (Å²) in [6.07, 6.45) is 0. The minimum absolute atomic E-state index is 0.0387. The average molecular weight is 375 g/mol. The van der Waals surface area contributed by atoms with Gasteiger partial charge in [0.05, 0.1) is 4.90 Å². The van der Waals surface area contributed by atoms with Gasteiger partial charge >= 0.3 is 0 Å². The van der Waals surface area contributed by atoms with Crippen molar-refractivity contribution in [1.29, 1.82) is 0 Å². The van der Waals surface area contributed by atoms with Gasteiger partial charge in [-0.2, -0.15) is 0 Å². The predicted molar refractivity (Wildman–Crippen MR) is 94.9 cm³/mol. The number of aryl methyl sites for hydroxylation is 1. The summed E-state index contributed by atoms with van der Waals surface area (Å²) in [6, 6.07) is 14.9. The van der Waals surface area contributed by atoms with Crippen molar-refractivity contribution >= 4 is 15.7 Å². The fraction of sp³-hybridized carbons (Fsp3) is 0.0526. The molecule has 0 heterocycles. The van der Waals surface area contributed by atoms with Gasteiger partial charge in [-0.25, -0.2) is 17.2 Å². The molecule has 134 valence electrons. The average Bonchev–Trinajstić information content (AvgIpc) is 2.59. The molecule has 7 heteroatoms. The van der Waals surface area contributed by atoms with Crippen LogP contribution in [0.25, 0.3) is 0 Å². The van der Waals surface area contributed by atoms with Crippen molar-refractivity contribution in [2.45, 2.75) is 11.8 Å². The summed E-state index contributed by atoms with van der Waals surface area (Å²) in [5, 5.41) is 0. The van der Waals surface area contributed by atoms with Crippen molar-refractivity contribution < 1.29 is 21.9 Å². The number of nitrogens with one attached hydrogen (secondary N) is 1. The van der Waals surface area contributed by atoms with Crippen LogP contribution in [0.15, 0.2) is 71.6 Å². The lowest BCUT2D eigenvalue weighted by Crippen LogP contribution is -2.13. The zero-order valence-electron chi connectivity index (χ0n) is 13.7. The molecule has 26 heavy (non-hydrogen) atoms. The van der Waals surface area contributed by atoms with Crippen LogP contribution >= 0.6 is 0 Å². The van der Waals surface area contributed by atoms with Gasteiger partial charge in [-0.1, -0.05) is 0 Å². The fourth-order valence-electron chi connectivity index (χ4n) is 2.28. The highest BCUT2D eigenvalue weighted by Gasteiger charge is 2.15. The van der Waals surface area contributed by atoms with Crippen LogP contribution in [-0.2, 0) is 10.0 Å². The highest BCUT2D eigenvalue weighted by Crippen LogP contribution is 2.28. The molecule has 0 spiro atoms. The Morgan fingerprint density at radius 3 is 2.00 bits per heavy atom. The first kappa shape index (κ1) is 17.9. The molecule has 0 fully saturated rings. The van der Waals surface area contributed by atoms with Crippen molar-refractivity contribution in [3.63, 3.8) is 0 Å². The zero-order valence-corrected chi connectivity index (χ0v) is 14.6. The van der Waals surface area contributed by atoms with Crippen molar-refractivity contribution in [2.75, 3.05) is 4.72 Å². The topological polar surface area (TPSA) is 55.4 Å². The highest BCUT2D eigenvalue weighted by atomic mass is 32.2. The van der Waals surface area contributed by atoms with Crippen molar-refractivity contribution in [2.24, 2.45) is 0 Å². The molecule has 0 unspecified atom stereocenters. The Morgan fingerprint density at radius 2 is 1.42 bits per heavy atom. The zero-order chi connectivity index (χ0) is 18.7. The van der Waals surface area contributed by atoms with E-state index in [1.807, 2.05) is 0 Å². The molecule has 0 aromatic heterocycles. The van der Waals surface area contributed by atoms with Crippen LogP contribution in [0.5, 0.6) is 11.5 Å². The van der Waals surface area contributed by atoms with Crippen LogP contribution in [-0.4, -0.2) is 8.42 Å². The summed E-state index contributed by atoms with van der Waals surface area (Å²) in [5.41, 5.74) is 1.03. The van der Waals surface area contributed by atoms with Gasteiger partial charge < -0.3 is 4.74 Å². The Labute approximate surface area is 150 Å². The minimum atomic E-state index is -3.82. The summed E-state index contributed by atoms with van der Waals surface area (Å²) in [6.45, 7) is 1.76. The van der Waals surface area contributed by atoms with E-state index in [0.29, 0.717) is 22.7 Å². The van der Waals surface area contributed by atoms with E-state index in [0.717, 1.165) is 12.1 Å². The SMILES string of the molecule is Cc1cc(NS(=O)(=O)c2ccc(F)cc2)ccc1Oc1ccc(F)cc1. The lowest BCUT2D eigenvalue weighted by atomic mass is 10.2. The molecule has 0 radical (unpaired) electrons. The van der Waals surface area contributed by atoms with Gasteiger partial charge in [0.15, 0.2) is 0 Å². The van der Waals surface area contributed by atoms with Crippen LogP contribution < -0.4 is 9.46 Å². The third kappa shape index (κ3) is 4.18. The first-order valence-corrected chi connectivity index (χ1v) is 9.14. The molecule has 0 aliphatic carbocycles. The van der Waals surface area contributed by atoms with Gasteiger partial charge in [0.2, 0.25) is 0 Å². The Kier molecular flexibility index (Phi) is 4.90. The summed E-state index contributed by atoms with van der Waals surface area (Å²) in [4.78, 5) is -0.0387. The van der Waals surface area contributed by atoms with Gasteiger partial charge in [-0.3, -0.25) is 4.72 Å². The number of hydrogen-bond donors (Lipinski definition) is 1. The van der Waals surface area contributed by atoms with E-state index in [1.165, 1.54) is 36.4 Å². The van der Waals surface area contributed by atoms with Gasteiger partial charge in [-0.15, -0.1) is 0 Å². The lowest BCUT2D eigenvalue weighted by Gasteiger charge is -2.12. The number of rotatable bonds is 5. The molecule has 0 saturated heterocycles. The fourth-order valence-corrected chi connectivity index (χ4v) is 3.33. The molecule has 3 aromatic carbocycles. The van der Waals surface area contributed by atoms with E-state index < -0.39 is 15.8 Å². The third-order valence-corrected chi connectivity index (χ3v) is 4.99. The number of ether oxygens (including phenoxy) is 1. The van der Waals surface area contributed by atoms with Gasteiger partial charge in [-0.05, 0) is 79.2 Å². The Morgan fingerprint density at radius 1 is 0.846 bits per heavy atom. The van der Waals surface area contributed by atoms with Gasteiger partial charge in [0, 0.05) is 5.69 Å². The van der Waals surface area contributed by atoms with Crippen molar-refractivity contribution in [3.8, 4) is 11.5 Å². The molecule has 0 saturated carbocycles. The largest absolute Gasteiger partial charge is 0.457 e. The Bertz CT molecular complexity index is 1020.